The Morgan fingerprint density at radius 3 is 2.41 bits per heavy atom. The largest absolute Gasteiger partial charge is 0.298 e. The molecule has 17 heavy (non-hydrogen) atoms. The molecule has 0 radical (unpaired) electrons. The van der Waals surface area contributed by atoms with Crippen molar-refractivity contribution in [3.05, 3.63) is 57.8 Å². The van der Waals surface area contributed by atoms with Gasteiger partial charge in [-0.2, -0.15) is 0 Å². The van der Waals surface area contributed by atoms with E-state index in [4.69, 9.17) is 0 Å². The van der Waals surface area contributed by atoms with Gasteiger partial charge in [-0.15, -0.1) is 0 Å². The van der Waals surface area contributed by atoms with Gasteiger partial charge in [0.15, 0.2) is 0 Å². The van der Waals surface area contributed by atoms with Gasteiger partial charge in [0.1, 0.15) is 12.1 Å². The highest BCUT2D eigenvalue weighted by atomic mass is 79.9. The number of hydrogen-bond donors (Lipinski definition) is 0. The monoisotopic (exact) mass is 292 g/mol. The van der Waals surface area contributed by atoms with E-state index in [-0.39, 0.29) is 5.82 Å². The van der Waals surface area contributed by atoms with Gasteiger partial charge in [-0.25, -0.2) is 4.39 Å². The van der Waals surface area contributed by atoms with E-state index in [0.29, 0.717) is 16.7 Å². The van der Waals surface area contributed by atoms with Crippen molar-refractivity contribution in [2.24, 2.45) is 0 Å². The number of carbonyl (C=O) groups is 1. The molecule has 0 bridgehead atoms. The summed E-state index contributed by atoms with van der Waals surface area (Å²) in [6.07, 6.45) is 0.770. The zero-order chi connectivity index (χ0) is 12.4. The summed E-state index contributed by atoms with van der Waals surface area (Å²) in [4.78, 5) is 10.5. The fourth-order valence-electron chi connectivity index (χ4n) is 1.68. The summed E-state index contributed by atoms with van der Waals surface area (Å²) in [7, 11) is 0. The minimum absolute atomic E-state index is 0.230. The SMILES string of the molecule is Cc1cc(Br)cc(-c2ccc(C=O)cc2)c1F. The molecule has 0 spiro atoms. The van der Waals surface area contributed by atoms with Gasteiger partial charge >= 0.3 is 0 Å². The van der Waals surface area contributed by atoms with Gasteiger partial charge < -0.3 is 0 Å². The van der Waals surface area contributed by atoms with E-state index in [1.807, 2.05) is 0 Å². The Bertz CT molecular complexity index is 561. The smallest absolute Gasteiger partial charge is 0.150 e. The third-order valence-electron chi connectivity index (χ3n) is 2.58. The number of aldehydes is 1. The molecule has 86 valence electrons. The van der Waals surface area contributed by atoms with E-state index in [9.17, 15) is 9.18 Å². The Hall–Kier alpha value is -1.48. The van der Waals surface area contributed by atoms with Crippen LogP contribution < -0.4 is 0 Å². The Kier molecular flexibility index (Phi) is 3.38. The molecular formula is C14H10BrFO. The first-order valence-electron chi connectivity index (χ1n) is 5.13. The maximum absolute atomic E-state index is 14.0. The standard InChI is InChI=1S/C14H10BrFO/c1-9-6-12(15)7-13(14(9)16)11-4-2-10(8-17)3-5-11/h2-8H,1H3. The molecule has 0 saturated carbocycles. The van der Waals surface area contributed by atoms with Crippen molar-refractivity contribution in [3.8, 4) is 11.1 Å². The predicted molar refractivity (Wildman–Crippen MR) is 69.7 cm³/mol. The molecular weight excluding hydrogens is 283 g/mol. The van der Waals surface area contributed by atoms with Crippen LogP contribution in [0.3, 0.4) is 0 Å². The number of benzene rings is 2. The van der Waals surface area contributed by atoms with Crippen molar-refractivity contribution in [1.29, 1.82) is 0 Å². The minimum atomic E-state index is -0.230. The van der Waals surface area contributed by atoms with Gasteiger partial charge in [0.2, 0.25) is 0 Å². The zero-order valence-electron chi connectivity index (χ0n) is 9.21. The maximum atomic E-state index is 14.0. The molecule has 0 aliphatic rings. The number of aryl methyl sites for hydroxylation is 1. The second kappa shape index (κ2) is 4.80. The first-order chi connectivity index (χ1) is 8.11. The quantitative estimate of drug-likeness (QED) is 0.751. The Balaban J connectivity index is 2.55. The highest BCUT2D eigenvalue weighted by Crippen LogP contribution is 2.28. The van der Waals surface area contributed by atoms with Crippen LogP contribution in [0.2, 0.25) is 0 Å². The maximum Gasteiger partial charge on any atom is 0.150 e. The molecule has 2 aromatic rings. The predicted octanol–water partition coefficient (Wildman–Crippen LogP) is 4.38. The number of halogens is 2. The van der Waals surface area contributed by atoms with E-state index in [0.717, 1.165) is 16.3 Å². The molecule has 0 aliphatic heterocycles. The third-order valence-corrected chi connectivity index (χ3v) is 3.03. The van der Waals surface area contributed by atoms with Gasteiger partial charge in [-0.1, -0.05) is 40.2 Å². The van der Waals surface area contributed by atoms with Crippen LogP contribution >= 0.6 is 15.9 Å². The molecule has 0 fully saturated rings. The van der Waals surface area contributed by atoms with Gasteiger partial charge in [-0.3, -0.25) is 4.79 Å². The normalized spacial score (nSPS) is 10.3. The van der Waals surface area contributed by atoms with Gasteiger partial charge in [0.25, 0.3) is 0 Å². The van der Waals surface area contributed by atoms with E-state index in [1.54, 1.807) is 43.3 Å². The summed E-state index contributed by atoms with van der Waals surface area (Å²) < 4.78 is 14.8. The van der Waals surface area contributed by atoms with Crippen molar-refractivity contribution in [2.45, 2.75) is 6.92 Å². The summed E-state index contributed by atoms with van der Waals surface area (Å²) in [6, 6.07) is 10.3. The molecule has 0 saturated heterocycles. The van der Waals surface area contributed by atoms with Crippen LogP contribution in [0.4, 0.5) is 4.39 Å². The fraction of sp³-hybridized carbons (Fsp3) is 0.0714. The zero-order valence-corrected chi connectivity index (χ0v) is 10.8. The first-order valence-corrected chi connectivity index (χ1v) is 5.92. The summed E-state index contributed by atoms with van der Waals surface area (Å²) in [5.41, 5.74) is 2.47. The summed E-state index contributed by atoms with van der Waals surface area (Å²) in [6.45, 7) is 1.73. The van der Waals surface area contributed by atoms with Crippen molar-refractivity contribution in [1.82, 2.24) is 0 Å². The highest BCUT2D eigenvalue weighted by Gasteiger charge is 2.09. The second-order valence-electron chi connectivity index (χ2n) is 3.82. The van der Waals surface area contributed by atoms with Crippen LogP contribution in [0, 0.1) is 12.7 Å². The Labute approximate surface area is 107 Å². The molecule has 2 rings (SSSR count). The van der Waals surface area contributed by atoms with Crippen LogP contribution in [-0.2, 0) is 0 Å². The molecule has 2 aromatic carbocycles. The van der Waals surface area contributed by atoms with Crippen molar-refractivity contribution in [3.63, 3.8) is 0 Å². The summed E-state index contributed by atoms with van der Waals surface area (Å²) >= 11 is 3.35. The van der Waals surface area contributed by atoms with E-state index in [1.165, 1.54) is 0 Å². The van der Waals surface area contributed by atoms with Crippen LogP contribution in [-0.4, -0.2) is 6.29 Å². The lowest BCUT2D eigenvalue weighted by molar-refractivity contribution is 0.112. The highest BCUT2D eigenvalue weighted by molar-refractivity contribution is 9.10. The number of carbonyl (C=O) groups excluding carboxylic acids is 1. The van der Waals surface area contributed by atoms with Gasteiger partial charge in [0.05, 0.1) is 0 Å². The minimum Gasteiger partial charge on any atom is -0.298 e. The average molecular weight is 293 g/mol. The lowest BCUT2D eigenvalue weighted by Gasteiger charge is -2.07. The van der Waals surface area contributed by atoms with Gasteiger partial charge in [-0.05, 0) is 30.2 Å². The van der Waals surface area contributed by atoms with Crippen LogP contribution in [0.15, 0.2) is 40.9 Å². The molecule has 0 aromatic heterocycles. The van der Waals surface area contributed by atoms with Gasteiger partial charge in [0, 0.05) is 15.6 Å². The van der Waals surface area contributed by atoms with Crippen molar-refractivity contribution in [2.75, 3.05) is 0 Å². The van der Waals surface area contributed by atoms with E-state index in [2.05, 4.69) is 15.9 Å². The van der Waals surface area contributed by atoms with E-state index >= 15 is 0 Å². The lowest BCUT2D eigenvalue weighted by Crippen LogP contribution is -1.89. The lowest BCUT2D eigenvalue weighted by atomic mass is 10.0. The van der Waals surface area contributed by atoms with Crippen molar-refractivity contribution >= 4 is 22.2 Å². The van der Waals surface area contributed by atoms with E-state index < -0.39 is 0 Å². The fourth-order valence-corrected chi connectivity index (χ4v) is 2.25. The number of hydrogen-bond acceptors (Lipinski definition) is 1. The summed E-state index contributed by atoms with van der Waals surface area (Å²) in [5.74, 6) is -0.230. The molecule has 0 heterocycles. The molecule has 0 atom stereocenters. The topological polar surface area (TPSA) is 17.1 Å². The third kappa shape index (κ3) is 2.44. The molecule has 1 nitrogen and oxygen atoms in total. The Morgan fingerprint density at radius 1 is 1.18 bits per heavy atom. The van der Waals surface area contributed by atoms with Crippen LogP contribution in [0.25, 0.3) is 11.1 Å². The molecule has 0 aliphatic carbocycles. The van der Waals surface area contributed by atoms with Crippen LogP contribution in [0.5, 0.6) is 0 Å². The molecule has 3 heteroatoms. The first kappa shape index (κ1) is 12.0. The summed E-state index contributed by atoms with van der Waals surface area (Å²) in [5, 5.41) is 0. The van der Waals surface area contributed by atoms with Crippen molar-refractivity contribution < 1.29 is 9.18 Å². The second-order valence-corrected chi connectivity index (χ2v) is 4.74. The van der Waals surface area contributed by atoms with Crippen LogP contribution in [0.1, 0.15) is 15.9 Å². The Morgan fingerprint density at radius 2 is 1.82 bits per heavy atom. The number of rotatable bonds is 2. The molecule has 0 amide bonds. The molecule has 0 unspecified atom stereocenters. The average Bonchev–Trinajstić information content (AvgIpc) is 2.34. The molecule has 0 N–H and O–H groups in total.